The van der Waals surface area contributed by atoms with Gasteiger partial charge in [0.1, 0.15) is 11.2 Å². The second kappa shape index (κ2) is 14.3. The SMILES string of the molecule is CC1(C)c2ccccc2-c2ccc(-c3ccc(N(c4ccc(-c5ccc(-c6cccc7c6oc6ccccc67)c6ccccc56)cc4)c4cccc5c4-c4ccccc4C5(C)C)cc3)cc21. The molecule has 2 aliphatic carbocycles. The molecule has 10 aromatic carbocycles. The monoisotopic (exact) mass is 845 g/mol. The predicted octanol–water partition coefficient (Wildman–Crippen LogP) is 17.8. The minimum Gasteiger partial charge on any atom is -0.455 e. The molecule has 0 unspecified atom stereocenters. The van der Waals surface area contributed by atoms with Crippen molar-refractivity contribution in [1.82, 2.24) is 0 Å². The molecule has 2 heteroatoms. The Labute approximate surface area is 386 Å². The zero-order valence-corrected chi connectivity index (χ0v) is 37.6. The average molecular weight is 846 g/mol. The van der Waals surface area contributed by atoms with Crippen LogP contribution in [-0.4, -0.2) is 0 Å². The highest BCUT2D eigenvalue weighted by molar-refractivity contribution is 6.14. The lowest BCUT2D eigenvalue weighted by Gasteiger charge is -2.29. The maximum absolute atomic E-state index is 6.53. The highest BCUT2D eigenvalue weighted by Gasteiger charge is 2.38. The fraction of sp³-hybridized carbons (Fsp3) is 0.0938. The van der Waals surface area contributed by atoms with Crippen LogP contribution >= 0.6 is 0 Å². The molecule has 0 fully saturated rings. The lowest BCUT2D eigenvalue weighted by Crippen LogP contribution is -2.16. The molecule has 2 aliphatic rings. The molecule has 0 saturated carbocycles. The minimum atomic E-state index is -0.120. The van der Waals surface area contributed by atoms with Crippen LogP contribution in [0.3, 0.4) is 0 Å². The lowest BCUT2D eigenvalue weighted by atomic mass is 9.81. The molecule has 66 heavy (non-hydrogen) atoms. The summed E-state index contributed by atoms with van der Waals surface area (Å²) in [6.45, 7) is 9.43. The van der Waals surface area contributed by atoms with Gasteiger partial charge in [0.2, 0.25) is 0 Å². The van der Waals surface area contributed by atoms with E-state index in [1.807, 2.05) is 6.07 Å². The van der Waals surface area contributed by atoms with Crippen LogP contribution in [0, 0.1) is 0 Å². The maximum Gasteiger partial charge on any atom is 0.143 e. The van der Waals surface area contributed by atoms with Crippen molar-refractivity contribution in [2.24, 2.45) is 0 Å². The molecule has 0 radical (unpaired) electrons. The Bertz CT molecular complexity index is 3750. The quantitative estimate of drug-likeness (QED) is 0.166. The van der Waals surface area contributed by atoms with Crippen molar-refractivity contribution in [3.05, 3.63) is 235 Å². The Hall–Kier alpha value is -7.94. The Balaban J connectivity index is 0.920. The van der Waals surface area contributed by atoms with Crippen molar-refractivity contribution < 1.29 is 4.42 Å². The molecule has 1 heterocycles. The van der Waals surface area contributed by atoms with Crippen LogP contribution in [0.4, 0.5) is 17.1 Å². The van der Waals surface area contributed by atoms with Crippen molar-refractivity contribution in [3.8, 4) is 55.6 Å². The van der Waals surface area contributed by atoms with Crippen LogP contribution in [0.5, 0.6) is 0 Å². The van der Waals surface area contributed by atoms with Gasteiger partial charge in [0, 0.05) is 44.1 Å². The van der Waals surface area contributed by atoms with E-state index in [1.54, 1.807) is 0 Å². The fourth-order valence-corrected chi connectivity index (χ4v) is 11.6. The summed E-state index contributed by atoms with van der Waals surface area (Å²) < 4.78 is 6.53. The molecule has 0 saturated heterocycles. The second-order valence-electron chi connectivity index (χ2n) is 19.2. The number of hydrogen-bond acceptors (Lipinski definition) is 2. The molecule has 314 valence electrons. The normalized spacial score (nSPS) is 14.0. The van der Waals surface area contributed by atoms with Crippen LogP contribution in [0.25, 0.3) is 88.3 Å². The third-order valence-corrected chi connectivity index (χ3v) is 14.9. The number of hydrogen-bond donors (Lipinski definition) is 0. The first kappa shape index (κ1) is 38.5. The van der Waals surface area contributed by atoms with Crippen molar-refractivity contribution in [2.75, 3.05) is 4.90 Å². The molecule has 1 aromatic heterocycles. The van der Waals surface area contributed by atoms with E-state index in [0.29, 0.717) is 0 Å². The van der Waals surface area contributed by atoms with Gasteiger partial charge in [-0.25, -0.2) is 0 Å². The Morgan fingerprint density at radius 1 is 0.333 bits per heavy atom. The first-order valence-corrected chi connectivity index (χ1v) is 23.2. The molecule has 0 amide bonds. The van der Waals surface area contributed by atoms with Crippen LogP contribution in [0.2, 0.25) is 0 Å². The van der Waals surface area contributed by atoms with Crippen LogP contribution in [0.1, 0.15) is 49.9 Å². The van der Waals surface area contributed by atoms with E-state index < -0.39 is 0 Å². The average Bonchev–Trinajstić information content (AvgIpc) is 3.94. The first-order valence-electron chi connectivity index (χ1n) is 23.2. The highest BCUT2D eigenvalue weighted by Crippen LogP contribution is 2.55. The van der Waals surface area contributed by atoms with Crippen molar-refractivity contribution in [2.45, 2.75) is 38.5 Å². The summed E-state index contributed by atoms with van der Waals surface area (Å²) in [6, 6.07) is 78.3. The summed E-state index contributed by atoms with van der Waals surface area (Å²) >= 11 is 0. The standard InChI is InChI=1S/C64H47NO/c1-63(2)56-23-11-8-19-54(56)61-57(63)24-14-25-59(61)65(43-32-27-40(28-33-43)42-31-36-50-49-17-7-10-22-55(49)64(3,4)58(50)39-42)44-34-29-41(30-35-44)45-37-38-48(47-16-6-5-15-46(45)47)52-20-13-21-53-51-18-9-12-26-60(51)66-62(52)53/h5-39H,1-4H3. The van der Waals surface area contributed by atoms with Crippen molar-refractivity contribution >= 4 is 49.8 Å². The molecule has 0 spiro atoms. The molecule has 13 rings (SSSR count). The van der Waals surface area contributed by atoms with Gasteiger partial charge < -0.3 is 9.32 Å². The van der Waals surface area contributed by atoms with Gasteiger partial charge >= 0.3 is 0 Å². The van der Waals surface area contributed by atoms with Gasteiger partial charge in [-0.15, -0.1) is 0 Å². The Kier molecular flexibility index (Phi) is 8.33. The van der Waals surface area contributed by atoms with Gasteiger partial charge in [-0.3, -0.25) is 0 Å². The summed E-state index contributed by atoms with van der Waals surface area (Å²) in [6.07, 6.45) is 0. The lowest BCUT2D eigenvalue weighted by molar-refractivity contribution is 0.660. The number of anilines is 3. The molecule has 0 bridgehead atoms. The Morgan fingerprint density at radius 3 is 1.59 bits per heavy atom. The first-order chi connectivity index (χ1) is 32.3. The van der Waals surface area contributed by atoms with E-state index in [4.69, 9.17) is 4.42 Å². The Morgan fingerprint density at radius 2 is 0.833 bits per heavy atom. The van der Waals surface area contributed by atoms with Gasteiger partial charge in [-0.05, 0) is 120 Å². The summed E-state index contributed by atoms with van der Waals surface area (Å²) in [4.78, 5) is 2.46. The smallest absolute Gasteiger partial charge is 0.143 e. The number of para-hydroxylation sites is 2. The minimum absolute atomic E-state index is 0.0545. The molecule has 11 aromatic rings. The number of benzene rings is 10. The molecular formula is C64H47NO. The summed E-state index contributed by atoms with van der Waals surface area (Å²) in [5, 5.41) is 4.69. The third kappa shape index (κ3) is 5.61. The molecule has 0 aliphatic heterocycles. The van der Waals surface area contributed by atoms with Gasteiger partial charge in [0.05, 0.1) is 5.69 Å². The largest absolute Gasteiger partial charge is 0.455 e. The summed E-state index contributed by atoms with van der Waals surface area (Å²) in [5.74, 6) is 0. The second-order valence-corrected chi connectivity index (χ2v) is 19.2. The van der Waals surface area contributed by atoms with Gasteiger partial charge in [0.25, 0.3) is 0 Å². The van der Waals surface area contributed by atoms with E-state index in [-0.39, 0.29) is 10.8 Å². The topological polar surface area (TPSA) is 16.4 Å². The van der Waals surface area contributed by atoms with Crippen LogP contribution < -0.4 is 4.90 Å². The van der Waals surface area contributed by atoms with Crippen molar-refractivity contribution in [3.63, 3.8) is 0 Å². The van der Waals surface area contributed by atoms with E-state index in [0.717, 1.165) is 38.9 Å². The molecule has 0 N–H and O–H groups in total. The van der Waals surface area contributed by atoms with E-state index >= 15 is 0 Å². The van der Waals surface area contributed by atoms with Gasteiger partial charge in [-0.2, -0.15) is 0 Å². The van der Waals surface area contributed by atoms with E-state index in [9.17, 15) is 0 Å². The third-order valence-electron chi connectivity index (χ3n) is 14.9. The highest BCUT2D eigenvalue weighted by atomic mass is 16.3. The van der Waals surface area contributed by atoms with Crippen molar-refractivity contribution in [1.29, 1.82) is 0 Å². The van der Waals surface area contributed by atoms with E-state index in [1.165, 1.54) is 88.8 Å². The molecular weight excluding hydrogens is 799 g/mol. The number of fused-ring (bicyclic) bond motifs is 10. The number of furan rings is 1. The van der Waals surface area contributed by atoms with E-state index in [2.05, 4.69) is 239 Å². The van der Waals surface area contributed by atoms with Crippen LogP contribution in [0.15, 0.2) is 217 Å². The van der Waals surface area contributed by atoms with Crippen LogP contribution in [-0.2, 0) is 10.8 Å². The summed E-state index contributed by atoms with van der Waals surface area (Å²) in [7, 11) is 0. The number of rotatable bonds is 6. The predicted molar refractivity (Wildman–Crippen MR) is 277 cm³/mol. The van der Waals surface area contributed by atoms with Gasteiger partial charge in [0.15, 0.2) is 0 Å². The number of nitrogens with zero attached hydrogens (tertiary/aromatic N) is 1. The molecule has 0 atom stereocenters. The summed E-state index contributed by atoms with van der Waals surface area (Å²) in [5.41, 5.74) is 23.0. The zero-order valence-electron chi connectivity index (χ0n) is 37.6. The maximum atomic E-state index is 6.53. The fourth-order valence-electron chi connectivity index (χ4n) is 11.6. The zero-order chi connectivity index (χ0) is 44.3. The molecule has 2 nitrogen and oxygen atoms in total. The van der Waals surface area contributed by atoms with Gasteiger partial charge in [-0.1, -0.05) is 198 Å².